The van der Waals surface area contributed by atoms with Gasteiger partial charge in [-0.2, -0.15) is 0 Å². The van der Waals surface area contributed by atoms with Gasteiger partial charge in [0.1, 0.15) is 18.5 Å². The molecule has 0 spiro atoms. The third-order valence-corrected chi connectivity index (χ3v) is 7.40. The summed E-state index contributed by atoms with van der Waals surface area (Å²) < 4.78 is 9.18. The molecule has 2 heterocycles. The number of ether oxygens (including phenoxy) is 1. The second-order valence-corrected chi connectivity index (χ2v) is 10.6. The molecule has 0 fully saturated rings. The van der Waals surface area contributed by atoms with E-state index in [1.165, 1.54) is 60.3 Å². The number of hydrogen-bond donors (Lipinski definition) is 0. The normalized spacial score (nSPS) is 12.7. The number of hydrogen-bond acceptors (Lipinski definition) is 1. The molecule has 0 atom stereocenters. The number of aryl methyl sites for hydroxylation is 2. The van der Waals surface area contributed by atoms with Crippen LogP contribution in [0, 0.1) is 12.8 Å². The SMILES string of the molecule is Cc1c2c(c(C(C)C)c3ccccc13)Oc1cc3cc(CC(C)C)ccc3c3cc[n+](C)c-2c13. The molecule has 0 amide bonds. The van der Waals surface area contributed by atoms with Crippen LogP contribution in [0.1, 0.15) is 50.3 Å². The highest BCUT2D eigenvalue weighted by Gasteiger charge is 2.33. The maximum absolute atomic E-state index is 6.90. The molecule has 0 saturated heterocycles. The van der Waals surface area contributed by atoms with E-state index < -0.39 is 0 Å². The number of fused-ring (bicyclic) bond motifs is 5. The van der Waals surface area contributed by atoms with Gasteiger partial charge in [-0.25, -0.2) is 4.57 Å². The summed E-state index contributed by atoms with van der Waals surface area (Å²) >= 11 is 0. The fourth-order valence-corrected chi connectivity index (χ4v) is 5.97. The molecular weight excluding hydrogens is 414 g/mol. The summed E-state index contributed by atoms with van der Waals surface area (Å²) in [4.78, 5) is 0. The number of nitrogens with zero attached hydrogens (tertiary/aromatic N) is 1. The Morgan fingerprint density at radius 3 is 2.35 bits per heavy atom. The van der Waals surface area contributed by atoms with Gasteiger partial charge in [0.2, 0.25) is 5.69 Å². The minimum atomic E-state index is 0.350. The van der Waals surface area contributed by atoms with Crippen LogP contribution in [-0.4, -0.2) is 0 Å². The molecule has 0 bridgehead atoms. The lowest BCUT2D eigenvalue weighted by atomic mass is 9.85. The van der Waals surface area contributed by atoms with E-state index in [4.69, 9.17) is 4.74 Å². The van der Waals surface area contributed by atoms with E-state index in [2.05, 4.69) is 107 Å². The molecule has 0 N–H and O–H groups in total. The maximum Gasteiger partial charge on any atom is 0.228 e. The van der Waals surface area contributed by atoms with Crippen LogP contribution >= 0.6 is 0 Å². The Bertz CT molecular complexity index is 1620. The number of rotatable bonds is 3. The molecule has 5 aromatic rings. The molecule has 34 heavy (non-hydrogen) atoms. The zero-order valence-corrected chi connectivity index (χ0v) is 21.0. The van der Waals surface area contributed by atoms with Gasteiger partial charge in [0.15, 0.2) is 6.20 Å². The molecule has 0 radical (unpaired) electrons. The zero-order chi connectivity index (χ0) is 23.7. The largest absolute Gasteiger partial charge is 0.455 e. The van der Waals surface area contributed by atoms with Gasteiger partial charge in [-0.15, -0.1) is 0 Å². The van der Waals surface area contributed by atoms with Gasteiger partial charge in [-0.1, -0.05) is 70.2 Å². The summed E-state index contributed by atoms with van der Waals surface area (Å²) in [5, 5.41) is 7.64. The van der Waals surface area contributed by atoms with Crippen LogP contribution < -0.4 is 9.30 Å². The summed E-state index contributed by atoms with van der Waals surface area (Å²) in [7, 11) is 2.16. The molecule has 0 saturated carbocycles. The van der Waals surface area contributed by atoms with E-state index in [9.17, 15) is 0 Å². The van der Waals surface area contributed by atoms with Crippen molar-refractivity contribution in [3.63, 3.8) is 0 Å². The monoisotopic (exact) mass is 446 g/mol. The van der Waals surface area contributed by atoms with Gasteiger partial charge in [-0.05, 0) is 63.9 Å². The number of benzene rings is 4. The Hall–Kier alpha value is -3.39. The molecule has 1 aliphatic heterocycles. The van der Waals surface area contributed by atoms with Crippen molar-refractivity contribution in [2.75, 3.05) is 0 Å². The van der Waals surface area contributed by atoms with E-state index in [1.54, 1.807) is 0 Å². The van der Waals surface area contributed by atoms with E-state index in [0.717, 1.165) is 17.9 Å². The Balaban J connectivity index is 1.76. The van der Waals surface area contributed by atoms with Crippen molar-refractivity contribution in [1.82, 2.24) is 0 Å². The van der Waals surface area contributed by atoms with Crippen molar-refractivity contribution in [1.29, 1.82) is 0 Å². The minimum Gasteiger partial charge on any atom is -0.455 e. The molecule has 170 valence electrons. The molecular formula is C32H32NO+. The average molecular weight is 447 g/mol. The molecule has 6 rings (SSSR count). The summed E-state index contributed by atoms with van der Waals surface area (Å²) in [5.74, 6) is 2.98. The molecule has 4 aromatic carbocycles. The first-order valence-electron chi connectivity index (χ1n) is 12.5. The molecule has 0 unspecified atom stereocenters. The van der Waals surface area contributed by atoms with Crippen LogP contribution in [0.5, 0.6) is 11.5 Å². The van der Waals surface area contributed by atoms with Crippen LogP contribution in [0.25, 0.3) is 43.6 Å². The van der Waals surface area contributed by atoms with Gasteiger partial charge < -0.3 is 4.74 Å². The Morgan fingerprint density at radius 1 is 0.853 bits per heavy atom. The maximum atomic E-state index is 6.90. The third-order valence-electron chi connectivity index (χ3n) is 7.40. The topological polar surface area (TPSA) is 13.1 Å². The summed E-state index contributed by atoms with van der Waals surface area (Å²) in [6.07, 6.45) is 3.30. The highest BCUT2D eigenvalue weighted by molar-refractivity contribution is 6.16. The number of aromatic nitrogens is 1. The zero-order valence-electron chi connectivity index (χ0n) is 21.0. The first-order valence-corrected chi connectivity index (χ1v) is 12.5. The van der Waals surface area contributed by atoms with Crippen LogP contribution in [0.15, 0.2) is 60.8 Å². The lowest BCUT2D eigenvalue weighted by Crippen LogP contribution is -2.32. The van der Waals surface area contributed by atoms with Gasteiger partial charge in [0.05, 0.1) is 10.9 Å². The fraction of sp³-hybridized carbons (Fsp3) is 0.281. The van der Waals surface area contributed by atoms with E-state index in [0.29, 0.717) is 11.8 Å². The molecule has 1 aliphatic rings. The smallest absolute Gasteiger partial charge is 0.228 e. The van der Waals surface area contributed by atoms with Crippen molar-refractivity contribution < 1.29 is 9.30 Å². The van der Waals surface area contributed by atoms with Gasteiger partial charge in [-0.3, -0.25) is 0 Å². The fourth-order valence-electron chi connectivity index (χ4n) is 5.97. The van der Waals surface area contributed by atoms with Crippen molar-refractivity contribution in [3.8, 4) is 22.8 Å². The quantitative estimate of drug-likeness (QED) is 0.196. The Kier molecular flexibility index (Phi) is 4.71. The second kappa shape index (κ2) is 7.56. The van der Waals surface area contributed by atoms with E-state index in [1.807, 2.05) is 0 Å². The van der Waals surface area contributed by atoms with Crippen molar-refractivity contribution in [2.45, 2.75) is 47.0 Å². The predicted molar refractivity (Wildman–Crippen MR) is 143 cm³/mol. The molecule has 1 aromatic heterocycles. The Labute approximate surface area is 201 Å². The first kappa shape index (κ1) is 21.2. The van der Waals surface area contributed by atoms with Crippen LogP contribution in [0.2, 0.25) is 0 Å². The molecule has 0 aliphatic carbocycles. The molecule has 2 heteroatoms. The minimum absolute atomic E-state index is 0.350. The first-order chi connectivity index (χ1) is 16.3. The lowest BCUT2D eigenvalue weighted by Gasteiger charge is -2.27. The van der Waals surface area contributed by atoms with Crippen LogP contribution in [-0.2, 0) is 13.5 Å². The third kappa shape index (κ3) is 2.98. The van der Waals surface area contributed by atoms with Gasteiger partial charge >= 0.3 is 0 Å². The van der Waals surface area contributed by atoms with E-state index >= 15 is 0 Å². The van der Waals surface area contributed by atoms with Crippen LogP contribution in [0.3, 0.4) is 0 Å². The van der Waals surface area contributed by atoms with Gasteiger partial charge in [0.25, 0.3) is 0 Å². The summed E-state index contributed by atoms with van der Waals surface area (Å²) in [6, 6.07) is 20.3. The molecule has 2 nitrogen and oxygen atoms in total. The standard InChI is InChI=1S/C32H32NO/c1-18(2)15-21-11-12-24-22(16-21)17-27-30-26(24)13-14-33(6)31(30)29-20(5)23-9-7-8-10-25(23)28(19(3)4)32(29)34-27/h7-14,16-19H,15H2,1-6H3/q+1. The highest BCUT2D eigenvalue weighted by Crippen LogP contribution is 2.53. The van der Waals surface area contributed by atoms with Crippen LogP contribution in [0.4, 0.5) is 0 Å². The van der Waals surface area contributed by atoms with Crippen molar-refractivity contribution >= 4 is 32.3 Å². The lowest BCUT2D eigenvalue weighted by molar-refractivity contribution is -0.659. The van der Waals surface area contributed by atoms with E-state index in [-0.39, 0.29) is 0 Å². The predicted octanol–water partition coefficient (Wildman–Crippen LogP) is 8.37. The van der Waals surface area contributed by atoms with Gasteiger partial charge in [0, 0.05) is 17.0 Å². The second-order valence-electron chi connectivity index (χ2n) is 10.6. The Morgan fingerprint density at radius 2 is 1.62 bits per heavy atom. The summed E-state index contributed by atoms with van der Waals surface area (Å²) in [5.41, 5.74) is 6.46. The number of pyridine rings is 1. The summed E-state index contributed by atoms with van der Waals surface area (Å²) in [6.45, 7) is 11.4. The highest BCUT2D eigenvalue weighted by atomic mass is 16.5. The van der Waals surface area contributed by atoms with Crippen molar-refractivity contribution in [2.24, 2.45) is 13.0 Å². The van der Waals surface area contributed by atoms with Crippen molar-refractivity contribution in [3.05, 3.63) is 77.5 Å². The average Bonchev–Trinajstić information content (AvgIpc) is 2.79.